The van der Waals surface area contributed by atoms with E-state index in [9.17, 15) is 35.2 Å². The number of amides is 1. The molecule has 7 aromatic rings. The van der Waals surface area contributed by atoms with Crippen molar-refractivity contribution >= 4 is 55.3 Å². The molecule has 0 aliphatic rings. The number of nitrogens with zero attached hydrogens (tertiary/aromatic N) is 6. The summed E-state index contributed by atoms with van der Waals surface area (Å²) in [6.45, 7) is 4.63. The number of nitrogens with one attached hydrogen (secondary N) is 1. The van der Waals surface area contributed by atoms with Crippen LogP contribution in [0.4, 0.5) is 32.6 Å². The molecule has 7 rings (SSSR count). The Labute approximate surface area is 368 Å². The fraction of sp³-hybridized carbons (Fsp3) is 0.250. The maximum atomic E-state index is 15.1. The van der Waals surface area contributed by atoms with Gasteiger partial charge in [-0.2, -0.15) is 18.3 Å². The Morgan fingerprint density at radius 3 is 2.23 bits per heavy atom. The van der Waals surface area contributed by atoms with Crippen molar-refractivity contribution in [2.45, 2.75) is 51.6 Å². The topological polar surface area (TPSA) is 151 Å². The average Bonchev–Trinajstić information content (AvgIpc) is 3.55. The van der Waals surface area contributed by atoms with E-state index >= 15 is 4.79 Å². The Morgan fingerprint density at radius 2 is 1.61 bits per heavy atom. The Balaban J connectivity index is 1.51. The van der Waals surface area contributed by atoms with E-state index in [2.05, 4.69) is 15.4 Å². The quantitative estimate of drug-likeness (QED) is 0.125. The lowest BCUT2D eigenvalue weighted by molar-refractivity contribution is -0.141. The monoisotopic (exact) mass is 923 g/mol. The summed E-state index contributed by atoms with van der Waals surface area (Å²) in [5, 5.41) is 7.40. The molecule has 20 heteroatoms. The molecule has 1 amide bonds. The number of aryl methyl sites for hydroxylation is 1. The minimum absolute atomic E-state index is 0.0350. The highest BCUT2D eigenvalue weighted by molar-refractivity contribution is 7.92. The summed E-state index contributed by atoms with van der Waals surface area (Å²) in [4.78, 5) is 37.3. The van der Waals surface area contributed by atoms with Crippen LogP contribution in [0.3, 0.4) is 0 Å². The molecule has 1 atom stereocenters. The van der Waals surface area contributed by atoms with E-state index in [4.69, 9.17) is 26.1 Å². The van der Waals surface area contributed by atoms with Crippen LogP contribution in [0.25, 0.3) is 38.8 Å². The highest BCUT2D eigenvalue weighted by Crippen LogP contribution is 2.39. The summed E-state index contributed by atoms with van der Waals surface area (Å²) in [7, 11) is -1.08. The van der Waals surface area contributed by atoms with Crippen molar-refractivity contribution < 1.29 is 44.6 Å². The summed E-state index contributed by atoms with van der Waals surface area (Å²) >= 11 is 6.88. The third-order valence-electron chi connectivity index (χ3n) is 9.86. The van der Waals surface area contributed by atoms with Crippen LogP contribution in [-0.2, 0) is 40.9 Å². The molecular formula is C44H39ClF5N7O6S. The van der Waals surface area contributed by atoms with Gasteiger partial charge in [0, 0.05) is 25.1 Å². The maximum absolute atomic E-state index is 15.1. The van der Waals surface area contributed by atoms with E-state index in [1.807, 2.05) is 0 Å². The van der Waals surface area contributed by atoms with Crippen LogP contribution in [-0.4, -0.2) is 57.8 Å². The van der Waals surface area contributed by atoms with Gasteiger partial charge in [0.2, 0.25) is 10.0 Å². The van der Waals surface area contributed by atoms with Gasteiger partial charge >= 0.3 is 12.3 Å². The van der Waals surface area contributed by atoms with Crippen LogP contribution < -0.4 is 19.9 Å². The lowest BCUT2D eigenvalue weighted by atomic mass is 10.0. The number of anilines is 1. The molecule has 0 fully saturated rings. The molecule has 0 aliphatic carbocycles. The Morgan fingerprint density at radius 1 is 0.922 bits per heavy atom. The fourth-order valence-electron chi connectivity index (χ4n) is 7.14. The molecule has 0 saturated carbocycles. The van der Waals surface area contributed by atoms with Gasteiger partial charge in [-0.05, 0) is 92.6 Å². The predicted octanol–water partition coefficient (Wildman–Crippen LogP) is 9.07. The van der Waals surface area contributed by atoms with Gasteiger partial charge < -0.3 is 14.8 Å². The number of benzene rings is 4. The molecule has 0 radical (unpaired) electrons. The van der Waals surface area contributed by atoms with Crippen molar-refractivity contribution in [3.05, 3.63) is 141 Å². The van der Waals surface area contributed by atoms with Crippen LogP contribution in [0.1, 0.15) is 49.5 Å². The molecule has 3 heterocycles. The normalized spacial score (nSPS) is 12.7. The summed E-state index contributed by atoms with van der Waals surface area (Å²) in [6, 6.07) is 18.3. The fourth-order valence-corrected chi connectivity index (χ4v) is 8.20. The zero-order valence-electron chi connectivity index (χ0n) is 35.0. The van der Waals surface area contributed by atoms with E-state index in [0.29, 0.717) is 17.4 Å². The molecule has 13 nitrogen and oxygen atoms in total. The van der Waals surface area contributed by atoms with Crippen molar-refractivity contribution in [3.63, 3.8) is 0 Å². The van der Waals surface area contributed by atoms with Crippen molar-refractivity contribution in [2.24, 2.45) is 7.05 Å². The number of halogens is 6. The number of hydrogen-bond acceptors (Lipinski definition) is 9. The Kier molecular flexibility index (Phi) is 12.2. The molecule has 0 bridgehead atoms. The van der Waals surface area contributed by atoms with Crippen LogP contribution in [0.5, 0.6) is 5.75 Å². The molecular weight excluding hydrogens is 885 g/mol. The zero-order chi connectivity index (χ0) is 46.5. The molecule has 0 saturated heterocycles. The molecule has 4 aromatic carbocycles. The number of aromatic nitrogens is 5. The molecule has 0 spiro atoms. The minimum Gasteiger partial charge on any atom is -0.497 e. The first-order valence-electron chi connectivity index (χ1n) is 19.3. The standard InChI is InChI=1S/C44H39ClF5N7O6S/c1-43(2,3)63-42(59)53-34(20-25-18-27(46)22-28(47)19-25)39-52-33-21-26(32-8-7-9-36(51-32)44(48,49)50)12-15-30(33)41(58)57(39)35-17-16-31(45)37-38(35)55(4)54-40(37)56(64(6,60)61)23-24-10-13-29(62-5)14-11-24/h7-19,21-22,34H,20,23H2,1-6H3,(H,53,59)/t34-/m0/s1. The van der Waals surface area contributed by atoms with Gasteiger partial charge in [0.05, 0.1) is 64.2 Å². The van der Waals surface area contributed by atoms with Gasteiger partial charge in [0.15, 0.2) is 5.82 Å². The molecule has 0 unspecified atom stereocenters. The SMILES string of the molecule is COc1ccc(CN(c2nn(C)c3c(-n4c([C@H](Cc5cc(F)cc(F)c5)NC(=O)OC(C)(C)C)nc5cc(-c6cccc(C(F)(F)F)n6)ccc5c4=O)ccc(Cl)c23)S(C)(=O)=O)cc1. The van der Waals surface area contributed by atoms with E-state index < -0.39 is 56.8 Å². The first kappa shape index (κ1) is 45.4. The number of alkyl carbamates (subject to hydrolysis) is 1. The lowest BCUT2D eigenvalue weighted by Gasteiger charge is -2.26. The number of pyridine rings is 1. The van der Waals surface area contributed by atoms with Gasteiger partial charge in [-0.25, -0.2) is 36.3 Å². The van der Waals surface area contributed by atoms with E-state index in [1.54, 1.807) is 45.0 Å². The van der Waals surface area contributed by atoms with Crippen LogP contribution >= 0.6 is 11.6 Å². The third kappa shape index (κ3) is 9.64. The Bertz CT molecular complexity index is 3100. The number of rotatable bonds is 11. The molecule has 1 N–H and O–H groups in total. The number of fused-ring (bicyclic) bond motifs is 2. The number of carbonyl (C=O) groups is 1. The molecule has 3 aromatic heterocycles. The van der Waals surface area contributed by atoms with Crippen molar-refractivity contribution in [2.75, 3.05) is 17.7 Å². The lowest BCUT2D eigenvalue weighted by Crippen LogP contribution is -2.39. The van der Waals surface area contributed by atoms with Gasteiger partial charge in [0.25, 0.3) is 5.56 Å². The number of hydrogen-bond donors (Lipinski definition) is 1. The van der Waals surface area contributed by atoms with Crippen molar-refractivity contribution in [1.82, 2.24) is 29.6 Å². The third-order valence-corrected chi connectivity index (χ3v) is 11.3. The number of methoxy groups -OCH3 is 1. The van der Waals surface area contributed by atoms with Crippen LogP contribution in [0, 0.1) is 11.6 Å². The van der Waals surface area contributed by atoms with E-state index in [-0.39, 0.29) is 73.9 Å². The minimum atomic E-state index is -4.76. The first-order valence-corrected chi connectivity index (χ1v) is 21.6. The van der Waals surface area contributed by atoms with Crippen LogP contribution in [0.2, 0.25) is 5.02 Å². The summed E-state index contributed by atoms with van der Waals surface area (Å²) in [6.07, 6.45) is -5.14. The highest BCUT2D eigenvalue weighted by atomic mass is 35.5. The maximum Gasteiger partial charge on any atom is 0.433 e. The summed E-state index contributed by atoms with van der Waals surface area (Å²) in [5.41, 5.74) is -2.16. The summed E-state index contributed by atoms with van der Waals surface area (Å²) in [5.74, 6) is -1.64. The average molecular weight is 924 g/mol. The first-order chi connectivity index (χ1) is 30.0. The van der Waals surface area contributed by atoms with Gasteiger partial charge in [-0.15, -0.1) is 0 Å². The molecule has 0 aliphatic heterocycles. The smallest absolute Gasteiger partial charge is 0.433 e. The second kappa shape index (κ2) is 17.2. The predicted molar refractivity (Wildman–Crippen MR) is 231 cm³/mol. The number of sulfonamides is 1. The number of carbonyl (C=O) groups excluding carboxylic acids is 1. The largest absolute Gasteiger partial charge is 0.497 e. The van der Waals surface area contributed by atoms with Gasteiger partial charge in [-0.1, -0.05) is 35.9 Å². The van der Waals surface area contributed by atoms with Gasteiger partial charge in [-0.3, -0.25) is 14.0 Å². The van der Waals surface area contributed by atoms with Gasteiger partial charge in [0.1, 0.15) is 34.5 Å². The van der Waals surface area contributed by atoms with Crippen molar-refractivity contribution in [1.29, 1.82) is 0 Å². The zero-order valence-corrected chi connectivity index (χ0v) is 36.5. The molecule has 334 valence electrons. The number of alkyl halides is 3. The highest BCUT2D eigenvalue weighted by Gasteiger charge is 2.33. The second-order valence-electron chi connectivity index (χ2n) is 15.8. The molecule has 64 heavy (non-hydrogen) atoms. The second-order valence-corrected chi connectivity index (χ2v) is 18.1. The summed E-state index contributed by atoms with van der Waals surface area (Å²) < 4.78 is 112. The van der Waals surface area contributed by atoms with Crippen molar-refractivity contribution in [3.8, 4) is 22.7 Å². The number of ether oxygens (including phenoxy) is 2. The van der Waals surface area contributed by atoms with E-state index in [0.717, 1.165) is 33.3 Å². The van der Waals surface area contributed by atoms with Crippen LogP contribution in [0.15, 0.2) is 95.8 Å². The Hall–Kier alpha value is -6.60. The van der Waals surface area contributed by atoms with E-state index in [1.165, 1.54) is 61.3 Å².